The van der Waals surface area contributed by atoms with Gasteiger partial charge in [0.05, 0.1) is 12.8 Å². The number of ether oxygens (including phenoxy) is 1. The molecule has 1 aromatic carbocycles. The van der Waals surface area contributed by atoms with Gasteiger partial charge in [0, 0.05) is 38.0 Å². The fraction of sp³-hybridized carbons (Fsp3) is 0.444. The summed E-state index contributed by atoms with van der Waals surface area (Å²) in [5.74, 6) is 1.41. The molecule has 0 aliphatic carbocycles. The highest BCUT2D eigenvalue weighted by atomic mass is 16.5. The van der Waals surface area contributed by atoms with Crippen LogP contribution in [0.2, 0.25) is 0 Å². The lowest BCUT2D eigenvalue weighted by Gasteiger charge is -2.16. The molecule has 0 spiro atoms. The van der Waals surface area contributed by atoms with E-state index in [1.54, 1.807) is 22.8 Å². The highest BCUT2D eigenvalue weighted by Gasteiger charge is 2.12. The largest absolute Gasteiger partial charge is 0.494 e. The van der Waals surface area contributed by atoms with E-state index in [0.29, 0.717) is 24.6 Å². The zero-order valence-electron chi connectivity index (χ0n) is 14.3. The minimum Gasteiger partial charge on any atom is -0.494 e. The van der Waals surface area contributed by atoms with E-state index in [2.05, 4.69) is 18.9 Å². The second kappa shape index (κ2) is 7.81. The van der Waals surface area contributed by atoms with E-state index >= 15 is 0 Å². The Kier molecular flexibility index (Phi) is 5.79. The van der Waals surface area contributed by atoms with Crippen LogP contribution in [0.5, 0.6) is 5.75 Å². The van der Waals surface area contributed by atoms with Crippen LogP contribution >= 0.6 is 0 Å². The zero-order valence-corrected chi connectivity index (χ0v) is 14.3. The Morgan fingerprint density at radius 3 is 2.57 bits per heavy atom. The van der Waals surface area contributed by atoms with Crippen molar-refractivity contribution in [2.24, 2.45) is 13.0 Å². The van der Waals surface area contributed by atoms with Gasteiger partial charge in [0.15, 0.2) is 0 Å². The van der Waals surface area contributed by atoms with Crippen molar-refractivity contribution in [2.75, 3.05) is 13.7 Å². The molecule has 23 heavy (non-hydrogen) atoms. The summed E-state index contributed by atoms with van der Waals surface area (Å²) in [6.07, 6.45) is 4.71. The third kappa shape index (κ3) is 5.13. The highest BCUT2D eigenvalue weighted by Crippen LogP contribution is 2.15. The van der Waals surface area contributed by atoms with E-state index in [-0.39, 0.29) is 5.91 Å². The molecule has 0 N–H and O–H groups in total. The molecule has 124 valence electrons. The SMILES string of the molecule is CC(C)CCOc1ccc(C(=O)N(C)Cc2cnn(C)c2)cc1. The van der Waals surface area contributed by atoms with E-state index in [1.807, 2.05) is 37.5 Å². The number of carbonyl (C=O) groups excluding carboxylic acids is 1. The molecule has 0 fully saturated rings. The van der Waals surface area contributed by atoms with Crippen LogP contribution in [0.25, 0.3) is 0 Å². The van der Waals surface area contributed by atoms with Crippen LogP contribution in [-0.2, 0) is 13.6 Å². The molecule has 0 unspecified atom stereocenters. The fourth-order valence-electron chi connectivity index (χ4n) is 2.23. The molecule has 0 aliphatic heterocycles. The van der Waals surface area contributed by atoms with Crippen LogP contribution in [0.1, 0.15) is 36.2 Å². The summed E-state index contributed by atoms with van der Waals surface area (Å²) >= 11 is 0. The van der Waals surface area contributed by atoms with Crippen molar-refractivity contribution in [1.29, 1.82) is 0 Å². The minimum absolute atomic E-state index is 0.0115. The van der Waals surface area contributed by atoms with Crippen molar-refractivity contribution in [1.82, 2.24) is 14.7 Å². The molecule has 0 saturated carbocycles. The van der Waals surface area contributed by atoms with Crippen LogP contribution in [0.15, 0.2) is 36.7 Å². The average molecular weight is 315 g/mol. The Morgan fingerprint density at radius 1 is 1.30 bits per heavy atom. The van der Waals surface area contributed by atoms with Crippen molar-refractivity contribution < 1.29 is 9.53 Å². The number of hydrogen-bond acceptors (Lipinski definition) is 3. The van der Waals surface area contributed by atoms with E-state index in [1.165, 1.54) is 0 Å². The van der Waals surface area contributed by atoms with E-state index < -0.39 is 0 Å². The Labute approximate surface area is 137 Å². The van der Waals surface area contributed by atoms with Crippen LogP contribution in [0, 0.1) is 5.92 Å². The van der Waals surface area contributed by atoms with Gasteiger partial charge in [-0.05, 0) is 36.6 Å². The number of aryl methyl sites for hydroxylation is 1. The second-order valence-electron chi connectivity index (χ2n) is 6.24. The highest BCUT2D eigenvalue weighted by molar-refractivity contribution is 5.94. The fourth-order valence-corrected chi connectivity index (χ4v) is 2.23. The van der Waals surface area contributed by atoms with Gasteiger partial charge >= 0.3 is 0 Å². The quantitative estimate of drug-likeness (QED) is 0.789. The summed E-state index contributed by atoms with van der Waals surface area (Å²) in [6.45, 7) is 5.58. The average Bonchev–Trinajstić information content (AvgIpc) is 2.92. The predicted molar refractivity (Wildman–Crippen MR) is 90.4 cm³/mol. The van der Waals surface area contributed by atoms with Crippen LogP contribution in [0.4, 0.5) is 0 Å². The van der Waals surface area contributed by atoms with Crippen molar-refractivity contribution >= 4 is 5.91 Å². The monoisotopic (exact) mass is 315 g/mol. The maximum Gasteiger partial charge on any atom is 0.253 e. The van der Waals surface area contributed by atoms with Gasteiger partial charge in [0.1, 0.15) is 5.75 Å². The maximum absolute atomic E-state index is 12.4. The zero-order chi connectivity index (χ0) is 16.8. The van der Waals surface area contributed by atoms with Gasteiger partial charge in [0.2, 0.25) is 0 Å². The van der Waals surface area contributed by atoms with Gasteiger partial charge in [-0.3, -0.25) is 9.48 Å². The third-order valence-corrected chi connectivity index (χ3v) is 3.59. The van der Waals surface area contributed by atoms with E-state index in [4.69, 9.17) is 4.74 Å². The third-order valence-electron chi connectivity index (χ3n) is 3.59. The first-order valence-electron chi connectivity index (χ1n) is 7.91. The summed E-state index contributed by atoms with van der Waals surface area (Å²) < 4.78 is 7.41. The molecule has 2 rings (SSSR count). The number of hydrogen-bond donors (Lipinski definition) is 0. The Morgan fingerprint density at radius 2 is 2.00 bits per heavy atom. The standard InChI is InChI=1S/C18H25N3O2/c1-14(2)9-10-23-17-7-5-16(6-8-17)18(22)20(3)12-15-11-19-21(4)13-15/h5-8,11,13-14H,9-10,12H2,1-4H3. The Bertz CT molecular complexity index is 632. The lowest BCUT2D eigenvalue weighted by Crippen LogP contribution is -2.25. The lowest BCUT2D eigenvalue weighted by molar-refractivity contribution is 0.0785. The van der Waals surface area contributed by atoms with Gasteiger partial charge in [-0.2, -0.15) is 5.10 Å². The molecule has 2 aromatic rings. The van der Waals surface area contributed by atoms with Crippen molar-refractivity contribution in [3.63, 3.8) is 0 Å². The minimum atomic E-state index is -0.0115. The molecular formula is C18H25N3O2. The van der Waals surface area contributed by atoms with Gasteiger partial charge in [-0.15, -0.1) is 0 Å². The van der Waals surface area contributed by atoms with Gasteiger partial charge in [-0.25, -0.2) is 0 Å². The van der Waals surface area contributed by atoms with E-state index in [9.17, 15) is 4.79 Å². The van der Waals surface area contributed by atoms with Crippen molar-refractivity contribution in [2.45, 2.75) is 26.8 Å². The number of carbonyl (C=O) groups is 1. The topological polar surface area (TPSA) is 47.4 Å². The molecule has 5 nitrogen and oxygen atoms in total. The number of nitrogens with zero attached hydrogens (tertiary/aromatic N) is 3. The molecule has 1 amide bonds. The van der Waals surface area contributed by atoms with Gasteiger partial charge < -0.3 is 9.64 Å². The normalized spacial score (nSPS) is 10.8. The number of benzene rings is 1. The molecule has 0 saturated heterocycles. The van der Waals surface area contributed by atoms with E-state index in [0.717, 1.165) is 17.7 Å². The van der Waals surface area contributed by atoms with Crippen LogP contribution in [0.3, 0.4) is 0 Å². The summed E-state index contributed by atoms with van der Waals surface area (Å²) in [5, 5.41) is 4.12. The Balaban J connectivity index is 1.91. The molecule has 5 heteroatoms. The number of amides is 1. The maximum atomic E-state index is 12.4. The smallest absolute Gasteiger partial charge is 0.253 e. The van der Waals surface area contributed by atoms with Crippen molar-refractivity contribution in [3.05, 3.63) is 47.8 Å². The number of rotatable bonds is 7. The van der Waals surface area contributed by atoms with Crippen molar-refractivity contribution in [3.8, 4) is 5.75 Å². The Hall–Kier alpha value is -2.30. The summed E-state index contributed by atoms with van der Waals surface area (Å²) in [7, 11) is 3.66. The molecule has 0 atom stereocenters. The molecule has 0 aliphatic rings. The molecule has 1 heterocycles. The molecule has 1 aromatic heterocycles. The number of aromatic nitrogens is 2. The van der Waals surface area contributed by atoms with Crippen LogP contribution in [-0.4, -0.2) is 34.2 Å². The second-order valence-corrected chi connectivity index (χ2v) is 6.24. The summed E-state index contributed by atoms with van der Waals surface area (Å²) in [6, 6.07) is 7.33. The molecule has 0 radical (unpaired) electrons. The summed E-state index contributed by atoms with van der Waals surface area (Å²) in [4.78, 5) is 14.1. The predicted octanol–water partition coefficient (Wildman–Crippen LogP) is 3.12. The lowest BCUT2D eigenvalue weighted by atomic mass is 10.1. The van der Waals surface area contributed by atoms with Crippen LogP contribution < -0.4 is 4.74 Å². The molecular weight excluding hydrogens is 290 g/mol. The first kappa shape index (κ1) is 17.1. The first-order valence-corrected chi connectivity index (χ1v) is 7.91. The summed E-state index contributed by atoms with van der Waals surface area (Å²) in [5.41, 5.74) is 1.67. The molecule has 0 bridgehead atoms. The van der Waals surface area contributed by atoms with Gasteiger partial charge in [-0.1, -0.05) is 13.8 Å². The first-order chi connectivity index (χ1) is 11.0. The van der Waals surface area contributed by atoms with Gasteiger partial charge in [0.25, 0.3) is 5.91 Å².